The minimum absolute atomic E-state index is 0.143. The van der Waals surface area contributed by atoms with E-state index in [0.717, 1.165) is 21.5 Å². The Morgan fingerprint density at radius 2 is 2.00 bits per heavy atom. The van der Waals surface area contributed by atoms with E-state index in [-0.39, 0.29) is 24.6 Å². The van der Waals surface area contributed by atoms with Crippen LogP contribution in [0.3, 0.4) is 0 Å². The number of halogens is 1. The van der Waals surface area contributed by atoms with E-state index in [1.165, 1.54) is 22.2 Å². The van der Waals surface area contributed by atoms with E-state index in [0.29, 0.717) is 21.4 Å². The van der Waals surface area contributed by atoms with Crippen LogP contribution in [0.25, 0.3) is 10.2 Å². The number of nitrogens with zero attached hydrogens (tertiary/aromatic N) is 5. The second-order valence-electron chi connectivity index (χ2n) is 7.25. The fourth-order valence-electron chi connectivity index (χ4n) is 3.19. The molecule has 0 aliphatic rings. The van der Waals surface area contributed by atoms with Crippen LogP contribution in [0, 0.1) is 20.8 Å². The van der Waals surface area contributed by atoms with Crippen LogP contribution in [0.15, 0.2) is 47.7 Å². The molecule has 4 rings (SSSR count). The van der Waals surface area contributed by atoms with E-state index in [9.17, 15) is 9.59 Å². The predicted octanol–water partition coefficient (Wildman–Crippen LogP) is 4.06. The number of amides is 1. The van der Waals surface area contributed by atoms with Crippen molar-refractivity contribution < 1.29 is 4.79 Å². The van der Waals surface area contributed by atoms with Gasteiger partial charge in [0.05, 0.1) is 28.8 Å². The summed E-state index contributed by atoms with van der Waals surface area (Å²) in [5.74, 6) is -0.277. The fourth-order valence-corrected chi connectivity index (χ4v) is 4.63. The molecule has 158 valence electrons. The van der Waals surface area contributed by atoms with Gasteiger partial charge < -0.3 is 0 Å². The van der Waals surface area contributed by atoms with Crippen LogP contribution >= 0.6 is 22.9 Å². The van der Waals surface area contributed by atoms with Crippen LogP contribution in [0.1, 0.15) is 22.5 Å². The van der Waals surface area contributed by atoms with Crippen molar-refractivity contribution in [2.24, 2.45) is 0 Å². The topological polar surface area (TPSA) is 81.0 Å². The summed E-state index contributed by atoms with van der Waals surface area (Å²) < 4.78 is 2.22. The van der Waals surface area contributed by atoms with E-state index in [4.69, 9.17) is 16.6 Å². The molecule has 1 aromatic carbocycles. The summed E-state index contributed by atoms with van der Waals surface area (Å²) in [6, 6.07) is 9.22. The average molecular weight is 454 g/mol. The van der Waals surface area contributed by atoms with Gasteiger partial charge in [0.15, 0.2) is 5.13 Å². The Kier molecular flexibility index (Phi) is 5.84. The van der Waals surface area contributed by atoms with Crippen molar-refractivity contribution >= 4 is 44.2 Å². The molecular weight excluding hydrogens is 434 g/mol. The number of anilines is 1. The highest BCUT2D eigenvalue weighted by Crippen LogP contribution is 2.33. The van der Waals surface area contributed by atoms with Crippen molar-refractivity contribution in [3.05, 3.63) is 80.7 Å². The predicted molar refractivity (Wildman–Crippen MR) is 123 cm³/mol. The SMILES string of the molecule is Cc1ncn(CC(=O)N(Cc2ccccn2)c2nc3c(C)cc(Cl)cc3s2)c(=O)c1C. The van der Waals surface area contributed by atoms with Gasteiger partial charge >= 0.3 is 0 Å². The Hall–Kier alpha value is -3.10. The zero-order valence-electron chi connectivity index (χ0n) is 17.3. The molecule has 0 bridgehead atoms. The summed E-state index contributed by atoms with van der Waals surface area (Å²) in [6.45, 7) is 5.50. The second kappa shape index (κ2) is 8.56. The van der Waals surface area contributed by atoms with Crippen molar-refractivity contribution in [2.75, 3.05) is 4.90 Å². The molecule has 0 atom stereocenters. The minimum atomic E-state index is -0.277. The highest BCUT2D eigenvalue weighted by molar-refractivity contribution is 7.22. The van der Waals surface area contributed by atoms with Crippen molar-refractivity contribution in [1.82, 2.24) is 19.5 Å². The van der Waals surface area contributed by atoms with Crippen LogP contribution in [-0.4, -0.2) is 25.4 Å². The van der Waals surface area contributed by atoms with Crippen LogP contribution in [0.2, 0.25) is 5.02 Å². The summed E-state index contributed by atoms with van der Waals surface area (Å²) in [6.07, 6.45) is 3.09. The number of carbonyl (C=O) groups is 1. The molecular formula is C22H20ClN5O2S. The first kappa shape index (κ1) is 21.1. The van der Waals surface area contributed by atoms with E-state index in [1.807, 2.05) is 37.3 Å². The van der Waals surface area contributed by atoms with Crippen LogP contribution in [0.4, 0.5) is 5.13 Å². The molecule has 3 aromatic heterocycles. The lowest BCUT2D eigenvalue weighted by Gasteiger charge is -2.20. The maximum atomic E-state index is 13.3. The van der Waals surface area contributed by atoms with Crippen molar-refractivity contribution in [2.45, 2.75) is 33.9 Å². The first-order valence-corrected chi connectivity index (χ1v) is 10.8. The lowest BCUT2D eigenvalue weighted by Crippen LogP contribution is -2.37. The molecule has 0 N–H and O–H groups in total. The van der Waals surface area contributed by atoms with E-state index < -0.39 is 0 Å². The normalized spacial score (nSPS) is 11.1. The number of rotatable bonds is 5. The van der Waals surface area contributed by atoms with Crippen LogP contribution in [-0.2, 0) is 17.9 Å². The Morgan fingerprint density at radius 1 is 1.19 bits per heavy atom. The highest BCUT2D eigenvalue weighted by Gasteiger charge is 2.22. The summed E-state index contributed by atoms with van der Waals surface area (Å²) in [5.41, 5.74) is 3.40. The lowest BCUT2D eigenvalue weighted by atomic mass is 10.2. The fraction of sp³-hybridized carbons (Fsp3) is 0.227. The molecule has 7 nitrogen and oxygen atoms in total. The number of pyridine rings is 1. The number of thiazole rings is 1. The largest absolute Gasteiger partial charge is 0.289 e. The Bertz CT molecular complexity index is 1330. The summed E-state index contributed by atoms with van der Waals surface area (Å²) in [5, 5.41) is 1.15. The second-order valence-corrected chi connectivity index (χ2v) is 8.70. The van der Waals surface area contributed by atoms with Gasteiger partial charge in [0, 0.05) is 22.5 Å². The molecule has 0 saturated heterocycles. The van der Waals surface area contributed by atoms with Gasteiger partial charge in [0.2, 0.25) is 5.91 Å². The zero-order chi connectivity index (χ0) is 22.1. The first-order valence-electron chi connectivity index (χ1n) is 9.63. The summed E-state index contributed by atoms with van der Waals surface area (Å²) in [4.78, 5) is 40.7. The number of carbonyl (C=O) groups excluding carboxylic acids is 1. The molecule has 9 heteroatoms. The van der Waals surface area contributed by atoms with Gasteiger partial charge in [-0.2, -0.15) is 0 Å². The number of hydrogen-bond donors (Lipinski definition) is 0. The van der Waals surface area contributed by atoms with Gasteiger partial charge in [-0.3, -0.25) is 24.0 Å². The van der Waals surface area contributed by atoms with Gasteiger partial charge in [-0.1, -0.05) is 29.0 Å². The van der Waals surface area contributed by atoms with Gasteiger partial charge in [-0.25, -0.2) is 9.97 Å². The monoisotopic (exact) mass is 453 g/mol. The number of aryl methyl sites for hydroxylation is 2. The van der Waals surface area contributed by atoms with Crippen LogP contribution < -0.4 is 10.5 Å². The van der Waals surface area contributed by atoms with Gasteiger partial charge in [0.1, 0.15) is 6.54 Å². The third-order valence-corrected chi connectivity index (χ3v) is 6.28. The molecule has 0 saturated carbocycles. The molecule has 1 amide bonds. The standard InChI is InChI=1S/C22H20ClN5O2S/c1-13-8-16(23)9-18-20(13)26-22(31-18)28(10-17-6-4-5-7-24-17)19(29)11-27-12-25-15(3)14(2)21(27)30/h4-9,12H,10-11H2,1-3H3. The van der Waals surface area contributed by atoms with E-state index in [2.05, 4.69) is 9.97 Å². The summed E-state index contributed by atoms with van der Waals surface area (Å²) in [7, 11) is 0. The van der Waals surface area contributed by atoms with Crippen molar-refractivity contribution in [3.63, 3.8) is 0 Å². The molecule has 0 spiro atoms. The average Bonchev–Trinajstić information content (AvgIpc) is 3.17. The molecule has 0 fully saturated rings. The quantitative estimate of drug-likeness (QED) is 0.455. The number of aromatic nitrogens is 4. The molecule has 3 heterocycles. The Balaban J connectivity index is 1.74. The van der Waals surface area contributed by atoms with Crippen molar-refractivity contribution in [3.8, 4) is 0 Å². The van der Waals surface area contributed by atoms with Gasteiger partial charge in [-0.05, 0) is 50.6 Å². The maximum absolute atomic E-state index is 13.3. The van der Waals surface area contributed by atoms with E-state index >= 15 is 0 Å². The summed E-state index contributed by atoms with van der Waals surface area (Å²) >= 11 is 7.58. The lowest BCUT2D eigenvalue weighted by molar-refractivity contribution is -0.119. The third-order valence-electron chi connectivity index (χ3n) is 5.04. The zero-order valence-corrected chi connectivity index (χ0v) is 18.9. The van der Waals surface area contributed by atoms with Gasteiger partial charge in [-0.15, -0.1) is 0 Å². The molecule has 0 aliphatic heterocycles. The minimum Gasteiger partial charge on any atom is -0.289 e. The van der Waals surface area contributed by atoms with Crippen molar-refractivity contribution in [1.29, 1.82) is 0 Å². The maximum Gasteiger partial charge on any atom is 0.256 e. The van der Waals surface area contributed by atoms with E-state index in [1.54, 1.807) is 24.9 Å². The Labute approximate surface area is 188 Å². The number of fused-ring (bicyclic) bond motifs is 1. The van der Waals surface area contributed by atoms with Crippen LogP contribution in [0.5, 0.6) is 0 Å². The molecule has 4 aromatic rings. The number of hydrogen-bond acceptors (Lipinski definition) is 6. The highest BCUT2D eigenvalue weighted by atomic mass is 35.5. The molecule has 0 radical (unpaired) electrons. The number of benzene rings is 1. The van der Waals surface area contributed by atoms with Gasteiger partial charge in [0.25, 0.3) is 5.56 Å². The molecule has 0 aliphatic carbocycles. The first-order chi connectivity index (χ1) is 14.8. The smallest absolute Gasteiger partial charge is 0.256 e. The molecule has 31 heavy (non-hydrogen) atoms. The molecule has 0 unspecified atom stereocenters. The third kappa shape index (κ3) is 4.35. The Morgan fingerprint density at radius 3 is 2.74 bits per heavy atom.